The lowest BCUT2D eigenvalue weighted by atomic mass is 10.3. The predicted molar refractivity (Wildman–Crippen MR) is 78.2 cm³/mol. The molecule has 2 aromatic heterocycles. The first-order chi connectivity index (χ1) is 9.78. The Balaban J connectivity index is 1.90. The smallest absolute Gasteiger partial charge is 0.158 e. The fourth-order valence-electron chi connectivity index (χ4n) is 1.73. The zero-order chi connectivity index (χ0) is 14.2. The predicted octanol–water partition coefficient (Wildman–Crippen LogP) is 1.64. The molecule has 0 aliphatic heterocycles. The lowest BCUT2D eigenvalue weighted by Gasteiger charge is -2.08. The molecule has 3 N–H and O–H groups in total. The molecule has 0 saturated heterocycles. The van der Waals surface area contributed by atoms with Gasteiger partial charge in [0.2, 0.25) is 0 Å². The van der Waals surface area contributed by atoms with Crippen molar-refractivity contribution in [2.75, 3.05) is 24.2 Å². The molecule has 2 rings (SSSR count). The van der Waals surface area contributed by atoms with Gasteiger partial charge in [-0.25, -0.2) is 9.97 Å². The van der Waals surface area contributed by atoms with Gasteiger partial charge in [-0.3, -0.25) is 4.98 Å². The molecule has 0 aromatic carbocycles. The second-order valence-corrected chi connectivity index (χ2v) is 4.23. The number of ether oxygens (including phenoxy) is 1. The molecule has 0 aliphatic rings. The van der Waals surface area contributed by atoms with Gasteiger partial charge in [0.1, 0.15) is 18.2 Å². The van der Waals surface area contributed by atoms with Crippen LogP contribution >= 0.6 is 0 Å². The van der Waals surface area contributed by atoms with Crippen LogP contribution in [0.1, 0.15) is 18.4 Å². The highest BCUT2D eigenvalue weighted by atomic mass is 16.5. The number of nitrogens with two attached hydrogens (primary N) is 1. The van der Waals surface area contributed by atoms with Gasteiger partial charge in [-0.05, 0) is 19.1 Å². The molecular weight excluding hydrogens is 254 g/mol. The van der Waals surface area contributed by atoms with Gasteiger partial charge in [0.25, 0.3) is 0 Å². The fraction of sp³-hybridized carbons (Fsp3) is 0.357. The molecule has 6 heteroatoms. The number of hydrogen-bond donors (Lipinski definition) is 2. The van der Waals surface area contributed by atoms with Gasteiger partial charge in [-0.2, -0.15) is 0 Å². The van der Waals surface area contributed by atoms with Gasteiger partial charge in [0, 0.05) is 37.5 Å². The second-order valence-electron chi connectivity index (χ2n) is 4.23. The van der Waals surface area contributed by atoms with Gasteiger partial charge in [0.15, 0.2) is 5.82 Å². The Labute approximate surface area is 118 Å². The standard InChI is InChI=1S/C14H19N5O/c1-2-20-10-14-18-12(15)9-13(19-14)17-8-6-11-5-3-4-7-16-11/h3-5,7,9H,2,6,8,10H2,1H3,(H3,15,17,18,19). The summed E-state index contributed by atoms with van der Waals surface area (Å²) in [5, 5.41) is 3.22. The Hall–Kier alpha value is -2.21. The van der Waals surface area contributed by atoms with Gasteiger partial charge in [-0.15, -0.1) is 0 Å². The van der Waals surface area contributed by atoms with Crippen LogP contribution in [-0.2, 0) is 17.8 Å². The van der Waals surface area contributed by atoms with Crippen molar-refractivity contribution < 1.29 is 4.74 Å². The first-order valence-electron chi connectivity index (χ1n) is 6.63. The molecule has 2 aromatic rings. The highest BCUT2D eigenvalue weighted by Crippen LogP contribution is 2.09. The summed E-state index contributed by atoms with van der Waals surface area (Å²) in [5.74, 6) is 1.74. The normalized spacial score (nSPS) is 10.4. The van der Waals surface area contributed by atoms with Crippen molar-refractivity contribution in [1.82, 2.24) is 15.0 Å². The molecule has 0 spiro atoms. The average Bonchev–Trinajstić information content (AvgIpc) is 2.46. The quantitative estimate of drug-likeness (QED) is 0.797. The summed E-state index contributed by atoms with van der Waals surface area (Å²) in [6, 6.07) is 7.59. The molecule has 0 radical (unpaired) electrons. The minimum atomic E-state index is 0.371. The number of rotatable bonds is 7. The van der Waals surface area contributed by atoms with Gasteiger partial charge < -0.3 is 15.8 Å². The van der Waals surface area contributed by atoms with E-state index in [9.17, 15) is 0 Å². The number of nitrogens with zero attached hydrogens (tertiary/aromatic N) is 3. The van der Waals surface area contributed by atoms with Crippen LogP contribution in [0.4, 0.5) is 11.6 Å². The lowest BCUT2D eigenvalue weighted by Crippen LogP contribution is -2.10. The van der Waals surface area contributed by atoms with E-state index in [0.29, 0.717) is 30.7 Å². The summed E-state index contributed by atoms with van der Waals surface area (Å²) in [5.41, 5.74) is 6.79. The van der Waals surface area contributed by atoms with E-state index in [0.717, 1.165) is 18.7 Å². The van der Waals surface area contributed by atoms with Crippen LogP contribution in [0.2, 0.25) is 0 Å². The van der Waals surface area contributed by atoms with E-state index < -0.39 is 0 Å². The third kappa shape index (κ3) is 4.47. The van der Waals surface area contributed by atoms with Crippen molar-refractivity contribution >= 4 is 11.6 Å². The molecular formula is C14H19N5O. The Bertz CT molecular complexity index is 532. The summed E-state index contributed by atoms with van der Waals surface area (Å²) in [7, 11) is 0. The fourth-order valence-corrected chi connectivity index (χ4v) is 1.73. The summed E-state index contributed by atoms with van der Waals surface area (Å²) in [6.07, 6.45) is 2.61. The molecule has 2 heterocycles. The van der Waals surface area contributed by atoms with E-state index >= 15 is 0 Å². The summed E-state index contributed by atoms with van der Waals surface area (Å²) in [4.78, 5) is 12.7. The zero-order valence-corrected chi connectivity index (χ0v) is 11.5. The summed E-state index contributed by atoms with van der Waals surface area (Å²) >= 11 is 0. The highest BCUT2D eigenvalue weighted by Gasteiger charge is 2.03. The minimum Gasteiger partial charge on any atom is -0.384 e. The van der Waals surface area contributed by atoms with Crippen LogP contribution in [0.25, 0.3) is 0 Å². The number of nitrogen functional groups attached to an aromatic ring is 1. The van der Waals surface area contributed by atoms with E-state index in [1.807, 2.05) is 25.1 Å². The van der Waals surface area contributed by atoms with Crippen LogP contribution in [0.3, 0.4) is 0 Å². The first kappa shape index (κ1) is 14.2. The molecule has 20 heavy (non-hydrogen) atoms. The Morgan fingerprint density at radius 2 is 2.20 bits per heavy atom. The monoisotopic (exact) mass is 273 g/mol. The molecule has 0 atom stereocenters. The average molecular weight is 273 g/mol. The number of pyridine rings is 1. The molecule has 106 valence electrons. The molecule has 6 nitrogen and oxygen atoms in total. The van der Waals surface area contributed by atoms with Crippen molar-refractivity contribution in [2.45, 2.75) is 20.0 Å². The molecule has 0 aliphatic carbocycles. The third-order valence-corrected chi connectivity index (χ3v) is 2.64. The van der Waals surface area contributed by atoms with Crippen LogP contribution in [0.5, 0.6) is 0 Å². The van der Waals surface area contributed by atoms with E-state index in [2.05, 4.69) is 20.3 Å². The summed E-state index contributed by atoms with van der Waals surface area (Å²) < 4.78 is 5.29. The maximum absolute atomic E-state index is 5.75. The SMILES string of the molecule is CCOCc1nc(N)cc(NCCc2ccccn2)n1. The Morgan fingerprint density at radius 1 is 1.30 bits per heavy atom. The van der Waals surface area contributed by atoms with Gasteiger partial charge in [-0.1, -0.05) is 6.07 Å². The number of hydrogen-bond acceptors (Lipinski definition) is 6. The van der Waals surface area contributed by atoms with Crippen LogP contribution in [0, 0.1) is 0 Å². The minimum absolute atomic E-state index is 0.371. The van der Waals surface area contributed by atoms with E-state index in [1.54, 1.807) is 12.3 Å². The van der Waals surface area contributed by atoms with Crippen molar-refractivity contribution in [3.63, 3.8) is 0 Å². The van der Waals surface area contributed by atoms with E-state index in [1.165, 1.54) is 0 Å². The molecule has 0 unspecified atom stereocenters. The van der Waals surface area contributed by atoms with Crippen LogP contribution in [0.15, 0.2) is 30.5 Å². The zero-order valence-electron chi connectivity index (χ0n) is 11.5. The van der Waals surface area contributed by atoms with Crippen LogP contribution in [-0.4, -0.2) is 28.1 Å². The van der Waals surface area contributed by atoms with Crippen molar-refractivity contribution in [2.24, 2.45) is 0 Å². The van der Waals surface area contributed by atoms with Crippen molar-refractivity contribution in [3.05, 3.63) is 42.0 Å². The Morgan fingerprint density at radius 3 is 2.95 bits per heavy atom. The maximum Gasteiger partial charge on any atom is 0.158 e. The lowest BCUT2D eigenvalue weighted by molar-refractivity contribution is 0.128. The Kier molecular flexibility index (Phi) is 5.25. The largest absolute Gasteiger partial charge is 0.384 e. The third-order valence-electron chi connectivity index (χ3n) is 2.64. The van der Waals surface area contributed by atoms with E-state index in [-0.39, 0.29) is 0 Å². The maximum atomic E-state index is 5.75. The van der Waals surface area contributed by atoms with Gasteiger partial charge in [0.05, 0.1) is 0 Å². The molecule has 0 bridgehead atoms. The van der Waals surface area contributed by atoms with E-state index in [4.69, 9.17) is 10.5 Å². The topological polar surface area (TPSA) is 86.0 Å². The number of aromatic nitrogens is 3. The molecule has 0 amide bonds. The molecule has 0 saturated carbocycles. The molecule has 0 fully saturated rings. The highest BCUT2D eigenvalue weighted by molar-refractivity contribution is 5.44. The van der Waals surface area contributed by atoms with Crippen LogP contribution < -0.4 is 11.1 Å². The summed E-state index contributed by atoms with van der Waals surface area (Å²) in [6.45, 7) is 3.66. The number of anilines is 2. The second kappa shape index (κ2) is 7.40. The van der Waals surface area contributed by atoms with Gasteiger partial charge >= 0.3 is 0 Å². The van der Waals surface area contributed by atoms with Crippen molar-refractivity contribution in [3.8, 4) is 0 Å². The van der Waals surface area contributed by atoms with Crippen molar-refractivity contribution in [1.29, 1.82) is 0 Å². The first-order valence-corrected chi connectivity index (χ1v) is 6.63. The number of nitrogens with one attached hydrogen (secondary N) is 1.